The van der Waals surface area contributed by atoms with E-state index in [0.717, 1.165) is 11.3 Å². The number of anilines is 2. The average molecular weight is 416 g/mol. The van der Waals surface area contributed by atoms with Crippen LogP contribution in [0.3, 0.4) is 0 Å². The molecule has 0 bridgehead atoms. The Balaban J connectivity index is 1.66. The monoisotopic (exact) mass is 415 g/mol. The van der Waals surface area contributed by atoms with Crippen molar-refractivity contribution in [1.82, 2.24) is 15.0 Å². The first kappa shape index (κ1) is 19.6. The Hall–Kier alpha value is -3.71. The molecule has 0 fully saturated rings. The van der Waals surface area contributed by atoms with Crippen molar-refractivity contribution in [3.8, 4) is 5.69 Å². The highest BCUT2D eigenvalue weighted by atomic mass is 32.1. The number of fused-ring (bicyclic) bond motifs is 1. The van der Waals surface area contributed by atoms with E-state index < -0.39 is 0 Å². The van der Waals surface area contributed by atoms with Crippen LogP contribution in [0.4, 0.5) is 11.6 Å². The maximum atomic E-state index is 13.2. The number of thiocarbonyl (C=S) groups is 1. The van der Waals surface area contributed by atoms with Crippen LogP contribution in [0.1, 0.15) is 11.1 Å². The maximum absolute atomic E-state index is 13.2. The van der Waals surface area contributed by atoms with E-state index in [1.165, 1.54) is 10.1 Å². The second-order valence-corrected chi connectivity index (χ2v) is 7.41. The van der Waals surface area contributed by atoms with Crippen LogP contribution in [-0.2, 0) is 0 Å². The second-order valence-electron chi connectivity index (χ2n) is 7.00. The molecule has 4 aromatic rings. The van der Waals surface area contributed by atoms with Crippen molar-refractivity contribution in [1.29, 1.82) is 0 Å². The summed E-state index contributed by atoms with van der Waals surface area (Å²) in [7, 11) is 0. The van der Waals surface area contributed by atoms with Crippen LogP contribution in [-0.4, -0.2) is 14.7 Å². The Kier molecular flexibility index (Phi) is 5.45. The topological polar surface area (TPSA) is 71.0 Å². The molecular weight excluding hydrogens is 394 g/mol. The third-order valence-electron chi connectivity index (χ3n) is 4.67. The van der Waals surface area contributed by atoms with Crippen LogP contribution in [0.15, 0.2) is 77.6 Å². The SMILES string of the molecule is Cc1ccc(NC(=S)NNc2nc3ccccc3c(=O)n2-c2ccc(C)cc2)cc1. The average Bonchev–Trinajstić information content (AvgIpc) is 2.75. The summed E-state index contributed by atoms with van der Waals surface area (Å²) in [5, 5.41) is 4.00. The van der Waals surface area contributed by atoms with Gasteiger partial charge in [-0.3, -0.25) is 15.6 Å². The molecule has 0 aliphatic heterocycles. The van der Waals surface area contributed by atoms with Crippen LogP contribution in [0.25, 0.3) is 16.6 Å². The highest BCUT2D eigenvalue weighted by Gasteiger charge is 2.13. The smallest absolute Gasteiger partial charge is 0.267 e. The zero-order chi connectivity index (χ0) is 21.1. The van der Waals surface area contributed by atoms with Gasteiger partial charge in [0.1, 0.15) is 0 Å². The van der Waals surface area contributed by atoms with Crippen molar-refractivity contribution in [3.05, 3.63) is 94.3 Å². The minimum Gasteiger partial charge on any atom is -0.331 e. The molecule has 0 radical (unpaired) electrons. The van der Waals surface area contributed by atoms with Gasteiger partial charge in [0.15, 0.2) is 5.11 Å². The Labute approximate surface area is 179 Å². The molecular formula is C23H21N5OS. The maximum Gasteiger partial charge on any atom is 0.267 e. The summed E-state index contributed by atoms with van der Waals surface area (Å²) in [4.78, 5) is 17.8. The van der Waals surface area contributed by atoms with Gasteiger partial charge in [-0.2, -0.15) is 0 Å². The third-order valence-corrected chi connectivity index (χ3v) is 4.87. The lowest BCUT2D eigenvalue weighted by Crippen LogP contribution is -2.36. The van der Waals surface area contributed by atoms with E-state index in [1.54, 1.807) is 6.07 Å². The first-order valence-electron chi connectivity index (χ1n) is 9.50. The number of nitrogens with one attached hydrogen (secondary N) is 3. The largest absolute Gasteiger partial charge is 0.331 e. The summed E-state index contributed by atoms with van der Waals surface area (Å²) >= 11 is 5.37. The van der Waals surface area contributed by atoms with Gasteiger partial charge in [-0.25, -0.2) is 9.55 Å². The molecule has 1 heterocycles. The summed E-state index contributed by atoms with van der Waals surface area (Å²) in [5.41, 5.74) is 10.2. The first-order valence-corrected chi connectivity index (χ1v) is 9.90. The number of para-hydroxylation sites is 1. The molecule has 0 unspecified atom stereocenters. The molecule has 3 N–H and O–H groups in total. The zero-order valence-electron chi connectivity index (χ0n) is 16.6. The summed E-state index contributed by atoms with van der Waals surface area (Å²) < 4.78 is 1.53. The van der Waals surface area contributed by atoms with Gasteiger partial charge < -0.3 is 5.32 Å². The van der Waals surface area contributed by atoms with Crippen molar-refractivity contribution < 1.29 is 0 Å². The summed E-state index contributed by atoms with van der Waals surface area (Å²) in [6.07, 6.45) is 0. The van der Waals surface area contributed by atoms with E-state index in [0.29, 0.717) is 27.7 Å². The molecule has 150 valence electrons. The fraction of sp³-hybridized carbons (Fsp3) is 0.0870. The molecule has 0 saturated carbocycles. The Morgan fingerprint density at radius 1 is 0.900 bits per heavy atom. The number of rotatable bonds is 4. The van der Waals surface area contributed by atoms with Gasteiger partial charge in [-0.05, 0) is 62.5 Å². The number of hydrazine groups is 1. The fourth-order valence-electron chi connectivity index (χ4n) is 3.06. The van der Waals surface area contributed by atoms with Crippen LogP contribution in [0.2, 0.25) is 0 Å². The molecule has 0 saturated heterocycles. The Bertz CT molecular complexity index is 1260. The molecule has 0 aliphatic carbocycles. The number of hydrogen-bond donors (Lipinski definition) is 3. The van der Waals surface area contributed by atoms with Crippen molar-refractivity contribution in [2.24, 2.45) is 0 Å². The highest BCUT2D eigenvalue weighted by Crippen LogP contribution is 2.16. The predicted molar refractivity (Wildman–Crippen MR) is 126 cm³/mol. The Morgan fingerprint density at radius 2 is 1.53 bits per heavy atom. The fourth-order valence-corrected chi connectivity index (χ4v) is 3.23. The van der Waals surface area contributed by atoms with Gasteiger partial charge in [-0.1, -0.05) is 47.5 Å². The number of aromatic nitrogens is 2. The molecule has 7 heteroatoms. The zero-order valence-corrected chi connectivity index (χ0v) is 17.5. The summed E-state index contributed by atoms with van der Waals surface area (Å²) in [6.45, 7) is 4.03. The molecule has 4 rings (SSSR count). The van der Waals surface area contributed by atoms with Crippen molar-refractivity contribution in [2.45, 2.75) is 13.8 Å². The highest BCUT2D eigenvalue weighted by molar-refractivity contribution is 7.80. The molecule has 0 atom stereocenters. The lowest BCUT2D eigenvalue weighted by molar-refractivity contribution is 0.928. The van der Waals surface area contributed by atoms with Crippen molar-refractivity contribution >= 4 is 39.9 Å². The van der Waals surface area contributed by atoms with E-state index in [-0.39, 0.29) is 5.56 Å². The summed E-state index contributed by atoms with van der Waals surface area (Å²) in [6, 6.07) is 22.8. The predicted octanol–water partition coefficient (Wildman–Crippen LogP) is 4.32. The first-order chi connectivity index (χ1) is 14.5. The molecule has 3 aromatic carbocycles. The number of hydrogen-bond acceptors (Lipinski definition) is 4. The minimum absolute atomic E-state index is 0.161. The van der Waals surface area contributed by atoms with Gasteiger partial charge in [0, 0.05) is 5.69 Å². The quantitative estimate of drug-likeness (QED) is 0.341. The normalized spacial score (nSPS) is 10.6. The van der Waals surface area contributed by atoms with Crippen molar-refractivity contribution in [2.75, 3.05) is 10.7 Å². The van der Waals surface area contributed by atoms with Gasteiger partial charge in [0.2, 0.25) is 5.95 Å². The van der Waals surface area contributed by atoms with Crippen molar-refractivity contribution in [3.63, 3.8) is 0 Å². The minimum atomic E-state index is -0.161. The van der Waals surface area contributed by atoms with Crippen LogP contribution < -0.4 is 21.7 Å². The lowest BCUT2D eigenvalue weighted by Gasteiger charge is -2.17. The molecule has 0 aliphatic rings. The Morgan fingerprint density at radius 3 is 2.23 bits per heavy atom. The lowest BCUT2D eigenvalue weighted by atomic mass is 10.2. The molecule has 1 aromatic heterocycles. The molecule has 0 amide bonds. The van der Waals surface area contributed by atoms with E-state index in [1.807, 2.05) is 80.6 Å². The second kappa shape index (κ2) is 8.34. The molecule has 30 heavy (non-hydrogen) atoms. The molecule has 6 nitrogen and oxygen atoms in total. The number of aryl methyl sites for hydroxylation is 2. The van der Waals surface area contributed by atoms with Gasteiger partial charge in [0.25, 0.3) is 5.56 Å². The van der Waals surface area contributed by atoms with Crippen LogP contribution >= 0.6 is 12.2 Å². The van der Waals surface area contributed by atoms with E-state index in [2.05, 4.69) is 21.2 Å². The van der Waals surface area contributed by atoms with Crippen LogP contribution in [0.5, 0.6) is 0 Å². The van der Waals surface area contributed by atoms with E-state index in [9.17, 15) is 4.79 Å². The third kappa shape index (κ3) is 4.16. The van der Waals surface area contributed by atoms with E-state index in [4.69, 9.17) is 12.2 Å². The number of benzene rings is 3. The van der Waals surface area contributed by atoms with E-state index >= 15 is 0 Å². The van der Waals surface area contributed by atoms with Crippen LogP contribution in [0, 0.1) is 13.8 Å². The summed E-state index contributed by atoms with van der Waals surface area (Å²) in [5.74, 6) is 0.343. The van der Waals surface area contributed by atoms with Gasteiger partial charge >= 0.3 is 0 Å². The van der Waals surface area contributed by atoms with Gasteiger partial charge in [0.05, 0.1) is 16.6 Å². The van der Waals surface area contributed by atoms with Gasteiger partial charge in [-0.15, -0.1) is 0 Å². The molecule has 0 spiro atoms. The standard InChI is InChI=1S/C23H21N5OS/c1-15-7-11-17(12-8-15)24-23(30)27-26-22-25-20-6-4-3-5-19(20)21(29)28(22)18-13-9-16(2)10-14-18/h3-14H,1-2H3,(H,25,26)(H2,24,27,30). The number of nitrogens with zero attached hydrogens (tertiary/aromatic N) is 2.